The second-order valence-corrected chi connectivity index (χ2v) is 8.72. The number of benzene rings is 1. The molecule has 0 aromatic heterocycles. The zero-order valence-electron chi connectivity index (χ0n) is 18.7. The first-order valence-electron chi connectivity index (χ1n) is 10.5. The molecule has 0 heterocycles. The standard InChI is InChI=1S/C21H34N2O9/c1-21(2,3)22(20(27)13-30-7-8-32-23(28)29)11-15(24)12-31-19-6-4-5-14-9-17(25)18(26)10-16(14)19/h4-6,15,17-18,24-26,28-29H,7-13H2,1-3H3/t15?,17-,18+/m0/s1. The highest BCUT2D eigenvalue weighted by molar-refractivity contribution is 5.78. The Hall–Kier alpha value is -1.83. The van der Waals surface area contributed by atoms with E-state index in [1.807, 2.05) is 26.8 Å². The zero-order chi connectivity index (χ0) is 23.9. The summed E-state index contributed by atoms with van der Waals surface area (Å²) in [7, 11) is 0. The van der Waals surface area contributed by atoms with Gasteiger partial charge in [-0.15, -0.1) is 0 Å². The molecule has 11 heteroatoms. The summed E-state index contributed by atoms with van der Waals surface area (Å²) in [6.45, 7) is 4.99. The van der Waals surface area contributed by atoms with E-state index in [1.165, 1.54) is 4.90 Å². The molecule has 0 fully saturated rings. The monoisotopic (exact) mass is 458 g/mol. The van der Waals surface area contributed by atoms with Crippen LogP contribution in [0.25, 0.3) is 0 Å². The molecule has 1 aliphatic carbocycles. The fourth-order valence-corrected chi connectivity index (χ4v) is 3.49. The van der Waals surface area contributed by atoms with Gasteiger partial charge in [0.25, 0.3) is 0 Å². The molecule has 0 radical (unpaired) electrons. The van der Waals surface area contributed by atoms with Gasteiger partial charge in [-0.05, 0) is 32.4 Å². The van der Waals surface area contributed by atoms with Crippen molar-refractivity contribution in [2.24, 2.45) is 0 Å². The molecule has 0 saturated carbocycles. The molecule has 0 spiro atoms. The molecule has 5 N–H and O–H groups in total. The number of β-amino-alcohol motifs (C(OH)–C–C–N with tert-alkyl or cyclic N) is 1. The maximum Gasteiger partial charge on any atom is 0.249 e. The van der Waals surface area contributed by atoms with Gasteiger partial charge in [-0.3, -0.25) is 15.2 Å². The Morgan fingerprint density at radius 3 is 2.50 bits per heavy atom. The highest BCUT2D eigenvalue weighted by atomic mass is 17.1. The molecule has 1 unspecified atom stereocenters. The fraction of sp³-hybridized carbons (Fsp3) is 0.667. The predicted octanol–water partition coefficient (Wildman–Crippen LogP) is -0.0976. The number of carbonyl (C=O) groups is 1. The van der Waals surface area contributed by atoms with E-state index in [4.69, 9.17) is 19.9 Å². The van der Waals surface area contributed by atoms with E-state index in [1.54, 1.807) is 12.1 Å². The molecular weight excluding hydrogens is 424 g/mol. The third-order valence-electron chi connectivity index (χ3n) is 5.11. The molecule has 1 aliphatic rings. The lowest BCUT2D eigenvalue weighted by molar-refractivity contribution is -0.493. The molecule has 182 valence electrons. The quantitative estimate of drug-likeness (QED) is 0.224. The second-order valence-electron chi connectivity index (χ2n) is 8.72. The number of aliphatic hydroxyl groups excluding tert-OH is 3. The maximum absolute atomic E-state index is 12.6. The topological polar surface area (TPSA) is 152 Å². The van der Waals surface area contributed by atoms with Gasteiger partial charge in [0.05, 0.1) is 37.4 Å². The molecule has 2 rings (SSSR count). The summed E-state index contributed by atoms with van der Waals surface area (Å²) < 4.78 is 11.0. The van der Waals surface area contributed by atoms with Crippen LogP contribution in [0.2, 0.25) is 0 Å². The second kappa shape index (κ2) is 11.9. The Morgan fingerprint density at radius 2 is 1.84 bits per heavy atom. The van der Waals surface area contributed by atoms with Crippen LogP contribution in [0.3, 0.4) is 0 Å². The summed E-state index contributed by atoms with van der Waals surface area (Å²) >= 11 is 0. The van der Waals surface area contributed by atoms with Gasteiger partial charge in [0, 0.05) is 23.9 Å². The van der Waals surface area contributed by atoms with Crippen molar-refractivity contribution in [3.8, 4) is 5.75 Å². The summed E-state index contributed by atoms with van der Waals surface area (Å²) in [6, 6.07) is 5.42. The van der Waals surface area contributed by atoms with E-state index in [9.17, 15) is 20.1 Å². The first kappa shape index (κ1) is 26.4. The number of hydrogen-bond donors (Lipinski definition) is 5. The molecule has 0 bridgehead atoms. The minimum Gasteiger partial charge on any atom is -0.491 e. The van der Waals surface area contributed by atoms with Crippen LogP contribution in [0.15, 0.2) is 18.2 Å². The molecule has 32 heavy (non-hydrogen) atoms. The normalized spacial score (nSPS) is 19.5. The highest BCUT2D eigenvalue weighted by Gasteiger charge is 2.30. The van der Waals surface area contributed by atoms with Crippen LogP contribution < -0.4 is 4.74 Å². The van der Waals surface area contributed by atoms with Gasteiger partial charge >= 0.3 is 0 Å². The van der Waals surface area contributed by atoms with Crippen LogP contribution in [-0.2, 0) is 27.2 Å². The number of nitrogens with zero attached hydrogens (tertiary/aromatic N) is 2. The third kappa shape index (κ3) is 7.94. The Balaban J connectivity index is 1.91. The summed E-state index contributed by atoms with van der Waals surface area (Å²) in [4.78, 5) is 18.4. The van der Waals surface area contributed by atoms with Crippen LogP contribution in [0, 0.1) is 0 Å². The smallest absolute Gasteiger partial charge is 0.249 e. The lowest BCUT2D eigenvalue weighted by Crippen LogP contribution is -2.51. The number of amides is 1. The Morgan fingerprint density at radius 1 is 1.16 bits per heavy atom. The first-order valence-corrected chi connectivity index (χ1v) is 10.5. The number of hydrogen-bond acceptors (Lipinski definition) is 10. The lowest BCUT2D eigenvalue weighted by Gasteiger charge is -2.37. The molecule has 1 aromatic carbocycles. The number of rotatable bonds is 11. The van der Waals surface area contributed by atoms with Gasteiger partial charge in [-0.25, -0.2) is 4.84 Å². The number of ether oxygens (including phenoxy) is 2. The molecule has 0 aliphatic heterocycles. The van der Waals surface area contributed by atoms with Gasteiger partial charge in [0.2, 0.25) is 5.91 Å². The molecule has 0 saturated heterocycles. The first-order chi connectivity index (χ1) is 15.0. The van der Waals surface area contributed by atoms with E-state index in [0.717, 1.165) is 11.1 Å². The van der Waals surface area contributed by atoms with Crippen molar-refractivity contribution in [3.63, 3.8) is 0 Å². The Labute approximate surface area is 187 Å². The Kier molecular flexibility index (Phi) is 9.80. The van der Waals surface area contributed by atoms with Gasteiger partial charge in [0.15, 0.2) is 0 Å². The van der Waals surface area contributed by atoms with Crippen molar-refractivity contribution in [1.29, 1.82) is 0 Å². The van der Waals surface area contributed by atoms with E-state index in [-0.39, 0.29) is 45.3 Å². The summed E-state index contributed by atoms with van der Waals surface area (Å²) in [5.41, 5.74) is 1.12. The van der Waals surface area contributed by atoms with E-state index >= 15 is 0 Å². The van der Waals surface area contributed by atoms with Crippen molar-refractivity contribution in [2.45, 2.75) is 57.5 Å². The van der Waals surface area contributed by atoms with Crippen LogP contribution in [-0.4, -0.2) is 98.8 Å². The van der Waals surface area contributed by atoms with Gasteiger partial charge in [-0.1, -0.05) is 12.1 Å². The minimum atomic E-state index is -0.978. The SMILES string of the molecule is CC(C)(C)N(CC(O)COc1cccc2c1C[C@@H](O)[C@@H](O)C2)C(=O)COCCON(O)O. The van der Waals surface area contributed by atoms with Crippen LogP contribution in [0.4, 0.5) is 0 Å². The predicted molar refractivity (Wildman–Crippen MR) is 111 cm³/mol. The molecule has 3 atom stereocenters. The fourth-order valence-electron chi connectivity index (χ4n) is 3.49. The number of aliphatic hydroxyl groups is 3. The Bertz CT molecular complexity index is 738. The summed E-state index contributed by atoms with van der Waals surface area (Å²) in [6.07, 6.45) is -2.05. The maximum atomic E-state index is 12.6. The minimum absolute atomic E-state index is 0.0135. The molecular formula is C21H34N2O9. The molecule has 1 aromatic rings. The molecule has 1 amide bonds. The average Bonchev–Trinajstić information content (AvgIpc) is 2.70. The summed E-state index contributed by atoms with van der Waals surface area (Å²) in [5, 5.41) is 46.8. The lowest BCUT2D eigenvalue weighted by atomic mass is 9.87. The van der Waals surface area contributed by atoms with Crippen LogP contribution in [0.1, 0.15) is 31.9 Å². The van der Waals surface area contributed by atoms with E-state index < -0.39 is 29.2 Å². The van der Waals surface area contributed by atoms with Gasteiger partial charge in [-0.2, -0.15) is 0 Å². The average molecular weight is 459 g/mol. The van der Waals surface area contributed by atoms with Crippen molar-refractivity contribution < 1.29 is 44.8 Å². The van der Waals surface area contributed by atoms with E-state index in [0.29, 0.717) is 12.2 Å². The zero-order valence-corrected chi connectivity index (χ0v) is 18.7. The van der Waals surface area contributed by atoms with Gasteiger partial charge < -0.3 is 29.7 Å². The van der Waals surface area contributed by atoms with Crippen LogP contribution in [0.5, 0.6) is 5.75 Å². The molecule has 11 nitrogen and oxygen atoms in total. The number of fused-ring (bicyclic) bond motifs is 1. The van der Waals surface area contributed by atoms with Crippen molar-refractivity contribution in [2.75, 3.05) is 33.0 Å². The third-order valence-corrected chi connectivity index (χ3v) is 5.11. The van der Waals surface area contributed by atoms with Crippen molar-refractivity contribution >= 4 is 5.91 Å². The highest BCUT2D eigenvalue weighted by Crippen LogP contribution is 2.30. The largest absolute Gasteiger partial charge is 0.491 e. The van der Waals surface area contributed by atoms with Gasteiger partial charge in [0.1, 0.15) is 25.1 Å². The van der Waals surface area contributed by atoms with Crippen LogP contribution >= 0.6 is 0 Å². The number of carbonyl (C=O) groups excluding carboxylic acids is 1. The van der Waals surface area contributed by atoms with Crippen molar-refractivity contribution in [1.82, 2.24) is 10.3 Å². The van der Waals surface area contributed by atoms with E-state index in [2.05, 4.69) is 4.84 Å². The summed E-state index contributed by atoms with van der Waals surface area (Å²) in [5.74, 6) is 0.182. The van der Waals surface area contributed by atoms with Crippen molar-refractivity contribution in [3.05, 3.63) is 29.3 Å².